The molecule has 0 bridgehead atoms. The molecule has 0 spiro atoms. The van der Waals surface area contributed by atoms with Crippen molar-refractivity contribution < 1.29 is 14.2 Å². The van der Waals surface area contributed by atoms with Crippen molar-refractivity contribution in [3.63, 3.8) is 0 Å². The van der Waals surface area contributed by atoms with Crippen molar-refractivity contribution in [2.45, 2.75) is 19.4 Å². The Morgan fingerprint density at radius 3 is 3.05 bits per heavy atom. The maximum atomic E-state index is 12.0. The number of amides is 1. The highest BCUT2D eigenvalue weighted by atomic mass is 16.6. The molecule has 0 unspecified atom stereocenters. The molecule has 112 valence electrons. The van der Waals surface area contributed by atoms with Gasteiger partial charge in [0.2, 0.25) is 0 Å². The summed E-state index contributed by atoms with van der Waals surface area (Å²) >= 11 is 0. The Morgan fingerprint density at radius 2 is 2.38 bits per heavy atom. The van der Waals surface area contributed by atoms with Gasteiger partial charge in [0, 0.05) is 32.3 Å². The van der Waals surface area contributed by atoms with Crippen molar-refractivity contribution in [2.75, 3.05) is 13.2 Å². The summed E-state index contributed by atoms with van der Waals surface area (Å²) in [5, 5.41) is 14.2. The number of carbonyl (C=O) groups excluding carboxylic acids is 1. The Kier molecular flexibility index (Phi) is 3.70. The molecule has 1 N–H and O–H groups in total. The van der Waals surface area contributed by atoms with Gasteiger partial charge >= 0.3 is 0 Å². The van der Waals surface area contributed by atoms with E-state index in [0.717, 1.165) is 12.1 Å². The first-order valence-electron chi connectivity index (χ1n) is 6.83. The Balaban J connectivity index is 1.64. The van der Waals surface area contributed by atoms with Gasteiger partial charge in [-0.2, -0.15) is 5.10 Å². The number of aromatic nitrogens is 4. The summed E-state index contributed by atoms with van der Waals surface area (Å²) in [5.74, 6) is -0.0612. The molecule has 0 saturated carbocycles. The quantitative estimate of drug-likeness (QED) is 0.887. The summed E-state index contributed by atoms with van der Waals surface area (Å²) in [7, 11) is 1.89. The van der Waals surface area contributed by atoms with Gasteiger partial charge in [0.05, 0.1) is 5.69 Å². The summed E-state index contributed by atoms with van der Waals surface area (Å²) < 4.78 is 12.1. The van der Waals surface area contributed by atoms with Crippen LogP contribution in [0.5, 0.6) is 0 Å². The van der Waals surface area contributed by atoms with Crippen LogP contribution in [0.15, 0.2) is 16.9 Å². The molecule has 1 fully saturated rings. The van der Waals surface area contributed by atoms with E-state index in [1.54, 1.807) is 17.8 Å². The average Bonchev–Trinajstić information content (AvgIpc) is 3.16. The number of ether oxygens (including phenoxy) is 1. The fourth-order valence-electron chi connectivity index (χ4n) is 2.58. The fourth-order valence-corrected chi connectivity index (χ4v) is 2.58. The Bertz CT molecular complexity index is 635. The van der Waals surface area contributed by atoms with Crippen molar-refractivity contribution >= 4 is 5.91 Å². The van der Waals surface area contributed by atoms with Crippen LogP contribution in [0.3, 0.4) is 0 Å². The van der Waals surface area contributed by atoms with Crippen molar-refractivity contribution in [2.24, 2.45) is 13.0 Å². The number of carbonyl (C=O) groups is 1. The van der Waals surface area contributed by atoms with Crippen LogP contribution in [0.1, 0.15) is 34.4 Å². The average molecular weight is 291 g/mol. The summed E-state index contributed by atoms with van der Waals surface area (Å²) in [4.78, 5) is 12.0. The van der Waals surface area contributed by atoms with E-state index in [9.17, 15) is 4.79 Å². The molecular formula is C13H17N5O3. The Morgan fingerprint density at radius 1 is 1.52 bits per heavy atom. The second-order valence-corrected chi connectivity index (χ2v) is 5.13. The van der Waals surface area contributed by atoms with E-state index < -0.39 is 0 Å². The number of aryl methyl sites for hydroxylation is 2. The first-order valence-corrected chi connectivity index (χ1v) is 6.83. The van der Waals surface area contributed by atoms with Gasteiger partial charge in [-0.1, -0.05) is 5.16 Å². The second kappa shape index (κ2) is 5.65. The first-order chi connectivity index (χ1) is 10.2. The lowest BCUT2D eigenvalue weighted by Crippen LogP contribution is -2.31. The Hall–Kier alpha value is -2.22. The fraction of sp³-hybridized carbons (Fsp3) is 0.538. The van der Waals surface area contributed by atoms with Crippen LogP contribution in [0.2, 0.25) is 0 Å². The molecule has 2 atom stereocenters. The van der Waals surface area contributed by atoms with Gasteiger partial charge < -0.3 is 10.1 Å². The molecule has 1 aliphatic rings. The lowest BCUT2D eigenvalue weighted by Gasteiger charge is -2.18. The van der Waals surface area contributed by atoms with Gasteiger partial charge in [0.25, 0.3) is 5.91 Å². The van der Waals surface area contributed by atoms with E-state index in [0.29, 0.717) is 18.8 Å². The van der Waals surface area contributed by atoms with Crippen LogP contribution in [0.4, 0.5) is 0 Å². The lowest BCUT2D eigenvalue weighted by molar-refractivity contribution is 0.0798. The number of nitrogens with zero attached hydrogens (tertiary/aromatic N) is 4. The highest BCUT2D eigenvalue weighted by Crippen LogP contribution is 2.33. The maximum absolute atomic E-state index is 12.0. The highest BCUT2D eigenvalue weighted by molar-refractivity contribution is 5.92. The van der Waals surface area contributed by atoms with Gasteiger partial charge in [0.1, 0.15) is 11.8 Å². The third-order valence-corrected chi connectivity index (χ3v) is 3.76. The summed E-state index contributed by atoms with van der Waals surface area (Å²) in [6, 6.07) is 1.94. The smallest absolute Gasteiger partial charge is 0.275 e. The molecule has 8 nitrogen and oxygen atoms in total. The summed E-state index contributed by atoms with van der Waals surface area (Å²) in [6.07, 6.45) is 2.60. The van der Waals surface area contributed by atoms with E-state index in [1.807, 2.05) is 13.1 Å². The topological polar surface area (TPSA) is 95.1 Å². The van der Waals surface area contributed by atoms with E-state index >= 15 is 0 Å². The molecular weight excluding hydrogens is 274 g/mol. The highest BCUT2D eigenvalue weighted by Gasteiger charge is 2.32. The summed E-state index contributed by atoms with van der Waals surface area (Å²) in [5.41, 5.74) is 1.73. The zero-order valence-electron chi connectivity index (χ0n) is 11.9. The minimum Gasteiger partial charge on any atom is -0.372 e. The number of hydrogen-bond donors (Lipinski definition) is 1. The van der Waals surface area contributed by atoms with Crippen LogP contribution in [0, 0.1) is 12.8 Å². The molecule has 1 amide bonds. The van der Waals surface area contributed by atoms with Gasteiger partial charge in [0.15, 0.2) is 5.69 Å². The maximum Gasteiger partial charge on any atom is 0.275 e. The van der Waals surface area contributed by atoms with Crippen molar-refractivity contribution in [1.82, 2.24) is 25.4 Å². The predicted molar refractivity (Wildman–Crippen MR) is 71.4 cm³/mol. The SMILES string of the molecule is Cc1nonc1C(=O)NC[C@@H]1CCO[C@H]1c1ccnn1C. The van der Waals surface area contributed by atoms with Gasteiger partial charge in [-0.3, -0.25) is 9.48 Å². The Labute approximate surface area is 121 Å². The molecule has 0 radical (unpaired) electrons. The molecule has 3 heterocycles. The largest absolute Gasteiger partial charge is 0.372 e. The van der Waals surface area contributed by atoms with Crippen LogP contribution in [-0.2, 0) is 11.8 Å². The molecule has 21 heavy (non-hydrogen) atoms. The molecule has 2 aromatic heterocycles. The zero-order chi connectivity index (χ0) is 14.8. The minimum atomic E-state index is -0.274. The number of hydrogen-bond acceptors (Lipinski definition) is 6. The number of rotatable bonds is 4. The lowest BCUT2D eigenvalue weighted by atomic mass is 9.99. The molecule has 2 aromatic rings. The molecule has 0 aliphatic carbocycles. The molecule has 3 rings (SSSR count). The number of nitrogens with one attached hydrogen (secondary N) is 1. The third kappa shape index (κ3) is 2.66. The van der Waals surface area contributed by atoms with E-state index in [-0.39, 0.29) is 23.6 Å². The first kappa shape index (κ1) is 13.7. The van der Waals surface area contributed by atoms with E-state index in [4.69, 9.17) is 4.74 Å². The van der Waals surface area contributed by atoms with Crippen molar-refractivity contribution in [3.8, 4) is 0 Å². The molecule has 0 aromatic carbocycles. The van der Waals surface area contributed by atoms with E-state index in [1.165, 1.54) is 0 Å². The van der Waals surface area contributed by atoms with Gasteiger partial charge in [-0.05, 0) is 24.6 Å². The van der Waals surface area contributed by atoms with E-state index in [2.05, 4.69) is 25.4 Å². The molecule has 1 aliphatic heterocycles. The van der Waals surface area contributed by atoms with Crippen LogP contribution in [-0.4, -0.2) is 39.2 Å². The normalized spacial score (nSPS) is 21.6. The summed E-state index contributed by atoms with van der Waals surface area (Å²) in [6.45, 7) is 2.88. The van der Waals surface area contributed by atoms with Crippen LogP contribution >= 0.6 is 0 Å². The molecule has 1 saturated heterocycles. The minimum absolute atomic E-state index is 0.0469. The van der Waals surface area contributed by atoms with Gasteiger partial charge in [-0.15, -0.1) is 0 Å². The third-order valence-electron chi connectivity index (χ3n) is 3.76. The van der Waals surface area contributed by atoms with Crippen LogP contribution in [0.25, 0.3) is 0 Å². The zero-order valence-corrected chi connectivity index (χ0v) is 11.9. The van der Waals surface area contributed by atoms with Crippen LogP contribution < -0.4 is 5.32 Å². The monoisotopic (exact) mass is 291 g/mol. The van der Waals surface area contributed by atoms with Crippen molar-refractivity contribution in [1.29, 1.82) is 0 Å². The predicted octanol–water partition coefficient (Wildman–Crippen LogP) is 0.619. The standard InChI is InChI=1S/C13H17N5O3/c1-8-11(17-21-16-8)13(19)14-7-9-4-6-20-12(9)10-3-5-15-18(10)2/h3,5,9,12H,4,6-7H2,1-2H3,(H,14,19)/t9-,12+/m0/s1. The van der Waals surface area contributed by atoms with Crippen molar-refractivity contribution in [3.05, 3.63) is 29.3 Å². The van der Waals surface area contributed by atoms with Gasteiger partial charge in [-0.25, -0.2) is 4.63 Å². The second-order valence-electron chi connectivity index (χ2n) is 5.13. The molecule has 8 heteroatoms.